The number of amides is 1. The van der Waals surface area contributed by atoms with Crippen LogP contribution in [0.2, 0.25) is 25.1 Å². The number of nitrogens with two attached hydrogens (primary N) is 4. The quantitative estimate of drug-likeness (QED) is 0.0323. The summed E-state index contributed by atoms with van der Waals surface area (Å²) in [6.07, 6.45) is 12.8. The topological polar surface area (TPSA) is 241 Å². The maximum absolute atomic E-state index is 12.6. The van der Waals surface area contributed by atoms with Gasteiger partial charge in [0.2, 0.25) is 0 Å². The summed E-state index contributed by atoms with van der Waals surface area (Å²) in [6, 6.07) is 51.7. The van der Waals surface area contributed by atoms with Crippen LogP contribution in [0.3, 0.4) is 0 Å². The maximum atomic E-state index is 12.6. The Labute approximate surface area is 697 Å². The van der Waals surface area contributed by atoms with Crippen LogP contribution in [0.4, 0.5) is 23.3 Å². The van der Waals surface area contributed by atoms with E-state index in [1.165, 1.54) is 0 Å². The molecular formula is C93H88Cl5N13O4. The van der Waals surface area contributed by atoms with E-state index < -0.39 is 0 Å². The van der Waals surface area contributed by atoms with Gasteiger partial charge in [0.25, 0.3) is 5.91 Å². The number of halogens is 5. The molecule has 0 unspecified atom stereocenters. The molecule has 0 spiro atoms. The first-order valence-corrected chi connectivity index (χ1v) is 39.7. The van der Waals surface area contributed by atoms with Crippen molar-refractivity contribution >= 4 is 142 Å². The number of morpholine rings is 1. The first-order chi connectivity index (χ1) is 55.7. The maximum Gasteiger partial charge on any atom is 0.251 e. The van der Waals surface area contributed by atoms with Crippen LogP contribution in [-0.4, -0.2) is 157 Å². The number of anilines is 4. The second kappa shape index (κ2) is 42.3. The van der Waals surface area contributed by atoms with E-state index >= 15 is 0 Å². The van der Waals surface area contributed by atoms with Gasteiger partial charge in [-0.1, -0.05) is 160 Å². The Morgan fingerprint density at radius 2 is 0.765 bits per heavy atom. The molecule has 2 aliphatic rings. The summed E-state index contributed by atoms with van der Waals surface area (Å²) in [7, 11) is 6.19. The predicted octanol–water partition coefficient (Wildman–Crippen LogP) is 17.1. The third kappa shape index (κ3) is 25.2. The third-order valence-corrected chi connectivity index (χ3v) is 20.5. The van der Waals surface area contributed by atoms with E-state index in [0.29, 0.717) is 95.6 Å². The Bertz CT molecular complexity index is 5710. The molecule has 9 N–H and O–H groups in total. The first-order valence-electron chi connectivity index (χ1n) is 37.9. The third-order valence-electron chi connectivity index (χ3n) is 19.3. The molecule has 22 heteroatoms. The van der Waals surface area contributed by atoms with Gasteiger partial charge in [0, 0.05) is 191 Å². The number of pyridine rings is 4. The highest BCUT2D eigenvalue weighted by atomic mass is 35.5. The number of hydrogen-bond acceptors (Lipinski definition) is 16. The molecule has 0 aliphatic carbocycles. The number of fused-ring (bicyclic) bond motifs is 4. The number of aromatic nitrogens is 4. The summed E-state index contributed by atoms with van der Waals surface area (Å²) < 4.78 is 5.36. The highest BCUT2D eigenvalue weighted by Gasteiger charge is 2.17. The van der Waals surface area contributed by atoms with Crippen LogP contribution in [0, 0.1) is 47.4 Å². The fourth-order valence-corrected chi connectivity index (χ4v) is 13.6. The van der Waals surface area contributed by atoms with Gasteiger partial charge < -0.3 is 47.7 Å². The molecule has 2 saturated heterocycles. The summed E-state index contributed by atoms with van der Waals surface area (Å²) in [6.45, 7) is 11.8. The van der Waals surface area contributed by atoms with E-state index in [9.17, 15) is 14.4 Å². The molecule has 2 fully saturated rings. The fourth-order valence-electron chi connectivity index (χ4n) is 12.7. The minimum absolute atomic E-state index is 0.106. The number of ether oxygens (including phenoxy) is 1. The number of hydrogen-bond donors (Lipinski definition) is 5. The van der Waals surface area contributed by atoms with Gasteiger partial charge in [-0.3, -0.25) is 19.3 Å². The summed E-state index contributed by atoms with van der Waals surface area (Å²) in [5.41, 5.74) is 32.0. The predicted molar refractivity (Wildman–Crippen MR) is 472 cm³/mol. The average Bonchev–Trinajstić information content (AvgIpc) is 0.816. The number of nitrogens with zero attached hydrogens (tertiary/aromatic N) is 8. The number of ketones is 2. The molecule has 2 aliphatic heterocycles. The van der Waals surface area contributed by atoms with Crippen molar-refractivity contribution in [2.45, 2.75) is 44.9 Å². The summed E-state index contributed by atoms with van der Waals surface area (Å²) >= 11 is 30.3. The van der Waals surface area contributed by atoms with Gasteiger partial charge in [-0.25, -0.2) is 19.9 Å². The zero-order chi connectivity index (χ0) is 81.2. The standard InChI is InChI=1S/C27H29ClN4O.C26H26ClN3O2.C23H23ClN4O.C17H10Cl2N2/c1-31-14-16-32(17-15-31)13-3-2-4-26(33)21-8-5-20(6-9-21)7-12-24-25-18-23(28)11-10-22(25)19-30-27(24)29;27-22-10-9-21-18-29-26(28)23(24(21)17-22)11-6-19-4-7-20(8-5-19)25(31)3-1-2-12-30-13-15-32-16-14-30;1-28(2)12-4-11-26-23(29)17-6-3-5-16(13-17)7-10-20-21-14-19(24)9-8-18(21)15-27-22(20)25;18-13-5-1-11(2-6-13)3-8-15-16-9-14(19)7-4-12(16)10-21-17(15)20/h5-6,8-11,18-19H,2-4,13-17H2,1H3,(H2,29,30);4-5,7-10,17-18H,1-3,12-16H2,(H2,28,29);3,5-6,8-9,13-15H,4,11-12H2,1-2H3,(H2,25,27)(H,26,29);1-2,4-7,9-10H,(H2,20,21). The summed E-state index contributed by atoms with van der Waals surface area (Å²) in [4.78, 5) is 63.6. The highest BCUT2D eigenvalue weighted by molar-refractivity contribution is 6.33. The number of Topliss-reactive ketones (excluding diaryl/α,β-unsaturated/α-hetero) is 2. The minimum atomic E-state index is -0.106. The fraction of sp³-hybridized carbons (Fsp3) is 0.237. The van der Waals surface area contributed by atoms with Crippen LogP contribution in [0.15, 0.2) is 195 Å². The van der Waals surface area contributed by atoms with Gasteiger partial charge >= 0.3 is 0 Å². The number of carbonyl (C=O) groups is 3. The van der Waals surface area contributed by atoms with E-state index in [1.807, 2.05) is 154 Å². The number of piperazine rings is 1. The number of rotatable bonds is 17. The van der Waals surface area contributed by atoms with Gasteiger partial charge in [-0.05, 0) is 188 Å². The van der Waals surface area contributed by atoms with Crippen LogP contribution in [0.5, 0.6) is 0 Å². The van der Waals surface area contributed by atoms with Gasteiger partial charge in [0.05, 0.1) is 35.5 Å². The first kappa shape index (κ1) is 84.8. The van der Waals surface area contributed by atoms with Crippen molar-refractivity contribution in [3.63, 3.8) is 0 Å². The van der Waals surface area contributed by atoms with Crippen molar-refractivity contribution in [3.05, 3.63) is 281 Å². The van der Waals surface area contributed by atoms with Gasteiger partial charge in [-0.15, -0.1) is 0 Å². The van der Waals surface area contributed by atoms with Crippen molar-refractivity contribution in [1.29, 1.82) is 0 Å². The van der Waals surface area contributed by atoms with Crippen molar-refractivity contribution in [3.8, 4) is 47.4 Å². The van der Waals surface area contributed by atoms with Crippen molar-refractivity contribution < 1.29 is 19.1 Å². The largest absolute Gasteiger partial charge is 0.383 e. The molecule has 115 heavy (non-hydrogen) atoms. The summed E-state index contributed by atoms with van der Waals surface area (Å²) in [5, 5.41) is 13.4. The van der Waals surface area contributed by atoms with Gasteiger partial charge in [0.1, 0.15) is 23.3 Å². The Morgan fingerprint density at radius 3 is 1.15 bits per heavy atom. The molecular weight excluding hydrogens is 1540 g/mol. The van der Waals surface area contributed by atoms with Crippen LogP contribution >= 0.6 is 58.0 Å². The Morgan fingerprint density at radius 1 is 0.409 bits per heavy atom. The van der Waals surface area contributed by atoms with Gasteiger partial charge in [-0.2, -0.15) is 0 Å². The monoisotopic (exact) mass is 1630 g/mol. The molecule has 0 atom stereocenters. The lowest BCUT2D eigenvalue weighted by atomic mass is 10.0. The Hall–Kier alpha value is -11.1. The lowest BCUT2D eigenvalue weighted by molar-refractivity contribution is 0.0371. The van der Waals surface area contributed by atoms with Crippen LogP contribution < -0.4 is 28.3 Å². The number of benzene rings is 8. The van der Waals surface area contributed by atoms with E-state index in [4.69, 9.17) is 85.7 Å². The molecule has 584 valence electrons. The zero-order valence-corrected chi connectivity index (χ0v) is 68.1. The van der Waals surface area contributed by atoms with E-state index in [2.05, 4.69) is 99.3 Å². The molecule has 0 saturated carbocycles. The van der Waals surface area contributed by atoms with Crippen LogP contribution in [-0.2, 0) is 4.74 Å². The van der Waals surface area contributed by atoms with E-state index in [0.717, 1.165) is 181 Å². The Kier molecular flexibility index (Phi) is 31.2. The average molecular weight is 1630 g/mol. The number of likely N-dealkylation sites (N-methyl/N-ethyl adjacent to an activating group) is 1. The van der Waals surface area contributed by atoms with Crippen molar-refractivity contribution in [2.75, 3.05) is 123 Å². The van der Waals surface area contributed by atoms with Crippen molar-refractivity contribution in [2.24, 2.45) is 0 Å². The van der Waals surface area contributed by atoms with Crippen molar-refractivity contribution in [1.82, 2.24) is 44.9 Å². The molecule has 1 amide bonds. The van der Waals surface area contributed by atoms with E-state index in [1.54, 1.807) is 55.1 Å². The number of carbonyl (C=O) groups excluding carboxylic acids is 3. The summed E-state index contributed by atoms with van der Waals surface area (Å²) in [5.74, 6) is 26.6. The smallest absolute Gasteiger partial charge is 0.251 e. The normalized spacial score (nSPS) is 12.7. The van der Waals surface area contributed by atoms with Crippen LogP contribution in [0.1, 0.15) is 121 Å². The second-order valence-corrected chi connectivity index (χ2v) is 30.2. The minimum Gasteiger partial charge on any atom is -0.383 e. The number of unbranched alkanes of at least 4 members (excludes halogenated alkanes) is 2. The number of nitrogen functional groups attached to an aromatic ring is 4. The van der Waals surface area contributed by atoms with Crippen LogP contribution in [0.25, 0.3) is 43.1 Å². The molecule has 0 radical (unpaired) electrons. The molecule has 0 bridgehead atoms. The lowest BCUT2D eigenvalue weighted by Gasteiger charge is -2.32. The molecule has 8 aromatic carbocycles. The number of nitrogens with one attached hydrogen (secondary N) is 1. The Balaban J connectivity index is 0.000000153. The zero-order valence-electron chi connectivity index (χ0n) is 64.3. The molecule has 6 heterocycles. The van der Waals surface area contributed by atoms with Gasteiger partial charge in [0.15, 0.2) is 11.6 Å². The second-order valence-electron chi connectivity index (χ2n) is 28.0. The molecule has 4 aromatic heterocycles. The molecule has 12 aromatic rings. The SMILES string of the molecule is CN(C)CCCNC(=O)c1cccc(C#Cc2c(N)ncc3ccc(Cl)cc23)c1.CN1CCN(CCCCC(=O)c2ccc(C#Cc3c(N)ncc4ccc(Cl)cc34)cc2)CC1.Nc1ncc2ccc(Cl)cc2c1C#Cc1ccc(C(=O)CCCCN2CCOCC2)cc1.Nc1ncc2ccc(Cl)cc2c1C#Cc1ccc(Cl)cc1. The highest BCUT2D eigenvalue weighted by Crippen LogP contribution is 2.30. The molecule has 14 rings (SSSR count). The molecule has 17 nitrogen and oxygen atoms in total. The van der Waals surface area contributed by atoms with E-state index in [-0.39, 0.29) is 17.5 Å². The lowest BCUT2D eigenvalue weighted by Crippen LogP contribution is -2.44.